The number of aliphatic hydroxyl groups excluding tert-OH is 1. The minimum atomic E-state index is -0.388. The van der Waals surface area contributed by atoms with E-state index in [2.05, 4.69) is 0 Å². The zero-order chi connectivity index (χ0) is 9.07. The Balaban J connectivity index is 4.36. The Morgan fingerprint density at radius 1 is 1.64 bits per heavy atom. The van der Waals surface area contributed by atoms with E-state index in [-0.39, 0.29) is 23.8 Å². The van der Waals surface area contributed by atoms with Crippen LogP contribution in [0.5, 0.6) is 0 Å². The van der Waals surface area contributed by atoms with E-state index in [0.717, 1.165) is 0 Å². The molecule has 1 unspecified atom stereocenters. The van der Waals surface area contributed by atoms with Crippen LogP contribution in [0.25, 0.3) is 0 Å². The van der Waals surface area contributed by atoms with Crippen molar-refractivity contribution in [2.45, 2.75) is 27.2 Å². The highest BCUT2D eigenvalue weighted by Crippen LogP contribution is 2.28. The molecular weight excluding hydrogens is 142 g/mol. The molecule has 3 nitrogen and oxygen atoms in total. The number of carbonyl (C=O) groups excluding carboxylic acids is 1. The van der Waals surface area contributed by atoms with Gasteiger partial charge in [0.15, 0.2) is 0 Å². The SMILES string of the molecule is CCC(C(N)=O)C(C)(C)CO. The van der Waals surface area contributed by atoms with Crippen LogP contribution in [0.1, 0.15) is 27.2 Å². The molecule has 0 aromatic carbocycles. The van der Waals surface area contributed by atoms with Crippen molar-refractivity contribution in [3.8, 4) is 0 Å². The summed E-state index contributed by atoms with van der Waals surface area (Å²) in [5.41, 5.74) is 4.77. The van der Waals surface area contributed by atoms with Gasteiger partial charge in [0.2, 0.25) is 5.91 Å². The molecule has 1 amide bonds. The van der Waals surface area contributed by atoms with Gasteiger partial charge in [0, 0.05) is 12.5 Å². The van der Waals surface area contributed by atoms with E-state index in [1.165, 1.54) is 0 Å². The molecule has 0 aromatic heterocycles. The molecule has 3 N–H and O–H groups in total. The van der Waals surface area contributed by atoms with Gasteiger partial charge in [-0.25, -0.2) is 0 Å². The van der Waals surface area contributed by atoms with Crippen molar-refractivity contribution in [3.63, 3.8) is 0 Å². The first kappa shape index (κ1) is 10.4. The number of amides is 1. The quantitative estimate of drug-likeness (QED) is 0.628. The Hall–Kier alpha value is -0.570. The topological polar surface area (TPSA) is 63.3 Å². The molecule has 3 heteroatoms. The second-order valence-corrected chi connectivity index (χ2v) is 3.51. The highest BCUT2D eigenvalue weighted by atomic mass is 16.3. The Morgan fingerprint density at radius 2 is 2.09 bits per heavy atom. The largest absolute Gasteiger partial charge is 0.396 e. The predicted molar refractivity (Wildman–Crippen MR) is 43.8 cm³/mol. The van der Waals surface area contributed by atoms with Crippen LogP contribution in [0.15, 0.2) is 0 Å². The number of nitrogens with two attached hydrogens (primary N) is 1. The van der Waals surface area contributed by atoms with Crippen molar-refractivity contribution in [3.05, 3.63) is 0 Å². The molecule has 0 aliphatic carbocycles. The van der Waals surface area contributed by atoms with Crippen molar-refractivity contribution in [1.29, 1.82) is 0 Å². The fourth-order valence-corrected chi connectivity index (χ4v) is 1.25. The molecular formula is C8H17NO2. The third-order valence-corrected chi connectivity index (χ3v) is 2.10. The van der Waals surface area contributed by atoms with E-state index >= 15 is 0 Å². The first-order valence-electron chi connectivity index (χ1n) is 3.86. The van der Waals surface area contributed by atoms with Gasteiger partial charge in [-0.1, -0.05) is 20.8 Å². The molecule has 0 bridgehead atoms. The van der Waals surface area contributed by atoms with Gasteiger partial charge in [-0.15, -0.1) is 0 Å². The van der Waals surface area contributed by atoms with Gasteiger partial charge in [-0.2, -0.15) is 0 Å². The molecule has 0 aliphatic rings. The molecule has 0 fully saturated rings. The summed E-state index contributed by atoms with van der Waals surface area (Å²) >= 11 is 0. The van der Waals surface area contributed by atoms with Crippen molar-refractivity contribution in [2.24, 2.45) is 17.1 Å². The highest BCUT2D eigenvalue weighted by molar-refractivity contribution is 5.77. The first-order valence-corrected chi connectivity index (χ1v) is 3.86. The van der Waals surface area contributed by atoms with Crippen LogP contribution in [-0.4, -0.2) is 17.6 Å². The van der Waals surface area contributed by atoms with Crippen LogP contribution >= 0.6 is 0 Å². The van der Waals surface area contributed by atoms with E-state index in [1.54, 1.807) is 0 Å². The van der Waals surface area contributed by atoms with Gasteiger partial charge in [0.1, 0.15) is 0 Å². The average Bonchev–Trinajstić information content (AvgIpc) is 1.88. The zero-order valence-electron chi connectivity index (χ0n) is 7.42. The van der Waals surface area contributed by atoms with Crippen LogP contribution in [-0.2, 0) is 4.79 Å². The van der Waals surface area contributed by atoms with E-state index < -0.39 is 0 Å². The second-order valence-electron chi connectivity index (χ2n) is 3.51. The van der Waals surface area contributed by atoms with Crippen LogP contribution in [0, 0.1) is 11.3 Å². The lowest BCUT2D eigenvalue weighted by atomic mass is 9.77. The van der Waals surface area contributed by atoms with Gasteiger partial charge < -0.3 is 10.8 Å². The minimum Gasteiger partial charge on any atom is -0.396 e. The van der Waals surface area contributed by atoms with Gasteiger partial charge in [-0.05, 0) is 11.8 Å². The molecule has 0 saturated heterocycles. The van der Waals surface area contributed by atoms with E-state index in [4.69, 9.17) is 10.8 Å². The summed E-state index contributed by atoms with van der Waals surface area (Å²) in [5, 5.41) is 8.94. The summed E-state index contributed by atoms with van der Waals surface area (Å²) in [6.45, 7) is 5.57. The summed E-state index contributed by atoms with van der Waals surface area (Å²) in [5.74, 6) is -0.556. The number of carbonyl (C=O) groups is 1. The lowest BCUT2D eigenvalue weighted by Crippen LogP contribution is -2.37. The molecule has 0 spiro atoms. The summed E-state index contributed by atoms with van der Waals surface area (Å²) in [7, 11) is 0. The van der Waals surface area contributed by atoms with Gasteiger partial charge >= 0.3 is 0 Å². The maximum Gasteiger partial charge on any atom is 0.221 e. The first-order chi connectivity index (χ1) is 4.95. The Kier molecular flexibility index (Phi) is 3.52. The maximum absolute atomic E-state index is 10.8. The van der Waals surface area contributed by atoms with Crippen molar-refractivity contribution >= 4 is 5.91 Å². The smallest absolute Gasteiger partial charge is 0.221 e. The lowest BCUT2D eigenvalue weighted by Gasteiger charge is -2.28. The zero-order valence-corrected chi connectivity index (χ0v) is 7.42. The average molecular weight is 159 g/mol. The van der Waals surface area contributed by atoms with E-state index in [0.29, 0.717) is 6.42 Å². The third kappa shape index (κ3) is 2.50. The Labute approximate surface area is 67.6 Å². The van der Waals surface area contributed by atoms with Crippen molar-refractivity contribution in [2.75, 3.05) is 6.61 Å². The molecule has 0 saturated carbocycles. The summed E-state index contributed by atoms with van der Waals surface area (Å²) in [6.07, 6.45) is 0.683. The molecule has 0 rings (SSSR count). The molecule has 1 atom stereocenters. The van der Waals surface area contributed by atoms with Crippen LogP contribution in [0.3, 0.4) is 0 Å². The fraction of sp³-hybridized carbons (Fsp3) is 0.875. The van der Waals surface area contributed by atoms with Gasteiger partial charge in [0.05, 0.1) is 0 Å². The Morgan fingerprint density at radius 3 is 2.18 bits per heavy atom. The summed E-state index contributed by atoms with van der Waals surface area (Å²) in [4.78, 5) is 10.8. The van der Waals surface area contributed by atoms with Gasteiger partial charge in [-0.3, -0.25) is 4.79 Å². The number of hydrogen-bond donors (Lipinski definition) is 2. The summed E-state index contributed by atoms with van der Waals surface area (Å²) in [6, 6.07) is 0. The number of hydrogen-bond acceptors (Lipinski definition) is 2. The normalized spacial score (nSPS) is 14.5. The van der Waals surface area contributed by atoms with Crippen molar-refractivity contribution < 1.29 is 9.90 Å². The summed E-state index contributed by atoms with van der Waals surface area (Å²) < 4.78 is 0. The van der Waals surface area contributed by atoms with Crippen LogP contribution in [0.4, 0.5) is 0 Å². The van der Waals surface area contributed by atoms with Gasteiger partial charge in [0.25, 0.3) is 0 Å². The monoisotopic (exact) mass is 159 g/mol. The molecule has 0 aliphatic heterocycles. The fourth-order valence-electron chi connectivity index (χ4n) is 1.25. The third-order valence-electron chi connectivity index (χ3n) is 2.10. The van der Waals surface area contributed by atoms with Crippen LogP contribution < -0.4 is 5.73 Å². The highest BCUT2D eigenvalue weighted by Gasteiger charge is 2.31. The lowest BCUT2D eigenvalue weighted by molar-refractivity contribution is -0.126. The molecule has 0 radical (unpaired) electrons. The second kappa shape index (κ2) is 3.72. The van der Waals surface area contributed by atoms with Crippen molar-refractivity contribution in [1.82, 2.24) is 0 Å². The number of aliphatic hydroxyl groups is 1. The van der Waals surface area contributed by atoms with E-state index in [9.17, 15) is 4.79 Å². The molecule has 0 heterocycles. The predicted octanol–water partition coefficient (Wildman–Crippen LogP) is 0.516. The maximum atomic E-state index is 10.8. The number of primary amides is 1. The molecule has 66 valence electrons. The minimum absolute atomic E-state index is 0.00551. The standard InChI is InChI=1S/C8H17NO2/c1-4-6(7(9)11)8(2,3)5-10/h6,10H,4-5H2,1-3H3,(H2,9,11). The molecule has 11 heavy (non-hydrogen) atoms. The van der Waals surface area contributed by atoms with Crippen LogP contribution in [0.2, 0.25) is 0 Å². The van der Waals surface area contributed by atoms with E-state index in [1.807, 2.05) is 20.8 Å². The molecule has 0 aromatic rings. The Bertz CT molecular complexity index is 143. The number of rotatable bonds is 4.